The van der Waals surface area contributed by atoms with Crippen molar-refractivity contribution in [2.75, 3.05) is 0 Å². The van der Waals surface area contributed by atoms with Crippen LogP contribution in [0, 0.1) is 5.82 Å². The molecular weight excluding hydrogens is 323 g/mol. The molecule has 0 aliphatic carbocycles. The van der Waals surface area contributed by atoms with Crippen LogP contribution in [-0.4, -0.2) is 5.91 Å². The maximum Gasteiger partial charge on any atom is 0.241 e. The van der Waals surface area contributed by atoms with E-state index in [0.717, 1.165) is 10.0 Å². The minimum atomic E-state index is -0.733. The van der Waals surface area contributed by atoms with Gasteiger partial charge in [0.2, 0.25) is 5.91 Å². The zero-order valence-electron chi connectivity index (χ0n) is 10.6. The van der Waals surface area contributed by atoms with Crippen LogP contribution in [0.1, 0.15) is 17.2 Å². The molecule has 3 N–H and O–H groups in total. The lowest BCUT2D eigenvalue weighted by Crippen LogP contribution is -2.33. The second-order valence-electron chi connectivity index (χ2n) is 4.34. The number of carbonyl (C=O) groups is 1. The van der Waals surface area contributed by atoms with Crippen molar-refractivity contribution in [2.45, 2.75) is 12.6 Å². The average molecular weight is 337 g/mol. The van der Waals surface area contributed by atoms with Crippen LogP contribution >= 0.6 is 15.9 Å². The van der Waals surface area contributed by atoms with E-state index in [1.165, 1.54) is 12.1 Å². The fourth-order valence-corrected chi connectivity index (χ4v) is 2.17. The minimum Gasteiger partial charge on any atom is -0.350 e. The Balaban J connectivity index is 2.00. The second kappa shape index (κ2) is 6.63. The Bertz CT molecular complexity index is 604. The van der Waals surface area contributed by atoms with Crippen molar-refractivity contribution >= 4 is 21.8 Å². The van der Waals surface area contributed by atoms with Crippen LogP contribution in [0.3, 0.4) is 0 Å². The minimum absolute atomic E-state index is 0.220. The normalized spacial score (nSPS) is 11.9. The van der Waals surface area contributed by atoms with Gasteiger partial charge < -0.3 is 11.1 Å². The fraction of sp³-hybridized carbons (Fsp3) is 0.133. The molecular formula is C15H14BrFN2O. The third-order valence-corrected chi connectivity index (χ3v) is 3.68. The number of halogens is 2. The molecule has 0 spiro atoms. The summed E-state index contributed by atoms with van der Waals surface area (Å²) in [6.07, 6.45) is 0. The highest BCUT2D eigenvalue weighted by Gasteiger charge is 2.15. The molecule has 0 saturated heterocycles. The highest BCUT2D eigenvalue weighted by molar-refractivity contribution is 9.10. The first-order valence-corrected chi connectivity index (χ1v) is 6.89. The standard InChI is InChI=1S/C15H14BrFN2O/c16-13-7-6-12(17)8-11(13)9-19-15(20)14(18)10-4-2-1-3-5-10/h1-8,14H,9,18H2,(H,19,20). The first-order valence-electron chi connectivity index (χ1n) is 6.10. The molecule has 2 rings (SSSR count). The second-order valence-corrected chi connectivity index (χ2v) is 5.20. The van der Waals surface area contributed by atoms with Gasteiger partial charge in [-0.15, -0.1) is 0 Å². The van der Waals surface area contributed by atoms with Gasteiger partial charge in [-0.05, 0) is 29.3 Å². The summed E-state index contributed by atoms with van der Waals surface area (Å²) in [5.74, 6) is -0.642. The quantitative estimate of drug-likeness (QED) is 0.901. The van der Waals surface area contributed by atoms with Crippen molar-refractivity contribution in [3.8, 4) is 0 Å². The van der Waals surface area contributed by atoms with Gasteiger partial charge in [0.05, 0.1) is 0 Å². The SMILES string of the molecule is NC(C(=O)NCc1cc(F)ccc1Br)c1ccccc1. The highest BCUT2D eigenvalue weighted by atomic mass is 79.9. The summed E-state index contributed by atoms with van der Waals surface area (Å²) >= 11 is 3.31. The van der Waals surface area contributed by atoms with Crippen LogP contribution in [0.2, 0.25) is 0 Å². The first kappa shape index (κ1) is 14.7. The van der Waals surface area contributed by atoms with Crippen LogP contribution in [0.4, 0.5) is 4.39 Å². The topological polar surface area (TPSA) is 55.1 Å². The van der Waals surface area contributed by atoms with Gasteiger partial charge >= 0.3 is 0 Å². The molecule has 0 aromatic heterocycles. The Kier molecular flexibility index (Phi) is 4.87. The molecule has 0 aliphatic rings. The molecule has 0 aliphatic heterocycles. The number of benzene rings is 2. The number of amides is 1. The van der Waals surface area contributed by atoms with Crippen molar-refractivity contribution in [2.24, 2.45) is 5.73 Å². The van der Waals surface area contributed by atoms with Crippen LogP contribution in [0.5, 0.6) is 0 Å². The number of hydrogen-bond acceptors (Lipinski definition) is 2. The summed E-state index contributed by atoms with van der Waals surface area (Å²) in [7, 11) is 0. The Morgan fingerprint density at radius 3 is 2.65 bits per heavy atom. The van der Waals surface area contributed by atoms with Crippen molar-refractivity contribution in [3.05, 3.63) is 69.9 Å². The molecule has 1 atom stereocenters. The number of nitrogens with two attached hydrogens (primary N) is 1. The molecule has 104 valence electrons. The van der Waals surface area contributed by atoms with Crippen LogP contribution in [-0.2, 0) is 11.3 Å². The smallest absolute Gasteiger partial charge is 0.241 e. The Morgan fingerprint density at radius 2 is 1.95 bits per heavy atom. The van der Waals surface area contributed by atoms with Gasteiger partial charge in [-0.1, -0.05) is 46.3 Å². The Morgan fingerprint density at radius 1 is 1.25 bits per heavy atom. The number of rotatable bonds is 4. The van der Waals surface area contributed by atoms with E-state index in [9.17, 15) is 9.18 Å². The molecule has 1 unspecified atom stereocenters. The molecule has 0 bridgehead atoms. The Hall–Kier alpha value is -1.72. The van der Waals surface area contributed by atoms with E-state index >= 15 is 0 Å². The van der Waals surface area contributed by atoms with E-state index in [-0.39, 0.29) is 18.3 Å². The Labute approximate surface area is 125 Å². The van der Waals surface area contributed by atoms with Gasteiger partial charge in [0.25, 0.3) is 0 Å². The predicted molar refractivity (Wildman–Crippen MR) is 79.3 cm³/mol. The molecule has 1 amide bonds. The van der Waals surface area contributed by atoms with Crippen molar-refractivity contribution in [1.82, 2.24) is 5.32 Å². The molecule has 3 nitrogen and oxygen atoms in total. The highest BCUT2D eigenvalue weighted by Crippen LogP contribution is 2.18. The summed E-state index contributed by atoms with van der Waals surface area (Å²) < 4.78 is 13.9. The lowest BCUT2D eigenvalue weighted by Gasteiger charge is -2.13. The molecule has 0 fully saturated rings. The molecule has 0 heterocycles. The lowest BCUT2D eigenvalue weighted by molar-refractivity contribution is -0.122. The fourth-order valence-electron chi connectivity index (χ4n) is 1.78. The zero-order chi connectivity index (χ0) is 14.5. The first-order chi connectivity index (χ1) is 9.58. The third-order valence-electron chi connectivity index (χ3n) is 2.90. The van der Waals surface area contributed by atoms with E-state index < -0.39 is 6.04 Å². The molecule has 5 heteroatoms. The third kappa shape index (κ3) is 3.65. The molecule has 0 saturated carbocycles. The van der Waals surface area contributed by atoms with E-state index in [1.807, 2.05) is 18.2 Å². The van der Waals surface area contributed by atoms with Crippen LogP contribution in [0.25, 0.3) is 0 Å². The molecule has 2 aromatic rings. The van der Waals surface area contributed by atoms with E-state index in [0.29, 0.717) is 5.56 Å². The number of nitrogens with one attached hydrogen (secondary N) is 1. The molecule has 0 radical (unpaired) electrons. The zero-order valence-corrected chi connectivity index (χ0v) is 12.2. The van der Waals surface area contributed by atoms with Gasteiger partial charge in [-0.25, -0.2) is 4.39 Å². The van der Waals surface area contributed by atoms with Crippen molar-refractivity contribution in [3.63, 3.8) is 0 Å². The van der Waals surface area contributed by atoms with Crippen molar-refractivity contribution < 1.29 is 9.18 Å². The maximum absolute atomic E-state index is 13.1. The van der Waals surface area contributed by atoms with Gasteiger partial charge in [0.1, 0.15) is 11.9 Å². The van der Waals surface area contributed by atoms with Gasteiger partial charge in [-0.2, -0.15) is 0 Å². The van der Waals surface area contributed by atoms with Gasteiger partial charge in [0, 0.05) is 11.0 Å². The summed E-state index contributed by atoms with van der Waals surface area (Å²) in [5.41, 5.74) is 7.28. The average Bonchev–Trinajstić information content (AvgIpc) is 2.48. The summed E-state index contributed by atoms with van der Waals surface area (Å²) in [6, 6.07) is 12.7. The number of hydrogen-bond donors (Lipinski definition) is 2. The van der Waals surface area contributed by atoms with Gasteiger partial charge in [0.15, 0.2) is 0 Å². The van der Waals surface area contributed by atoms with E-state index in [4.69, 9.17) is 5.73 Å². The number of carbonyl (C=O) groups excluding carboxylic acids is 1. The van der Waals surface area contributed by atoms with Crippen LogP contribution in [0.15, 0.2) is 53.0 Å². The van der Waals surface area contributed by atoms with E-state index in [2.05, 4.69) is 21.2 Å². The van der Waals surface area contributed by atoms with Gasteiger partial charge in [-0.3, -0.25) is 4.79 Å². The largest absolute Gasteiger partial charge is 0.350 e. The molecule has 2 aromatic carbocycles. The lowest BCUT2D eigenvalue weighted by atomic mass is 10.1. The summed E-state index contributed by atoms with van der Waals surface area (Å²) in [4.78, 5) is 12.0. The predicted octanol–water partition coefficient (Wildman–Crippen LogP) is 2.90. The summed E-state index contributed by atoms with van der Waals surface area (Å²) in [5, 5.41) is 2.70. The van der Waals surface area contributed by atoms with Crippen molar-refractivity contribution in [1.29, 1.82) is 0 Å². The maximum atomic E-state index is 13.1. The van der Waals surface area contributed by atoms with E-state index in [1.54, 1.807) is 18.2 Å². The summed E-state index contributed by atoms with van der Waals surface area (Å²) in [6.45, 7) is 0.220. The van der Waals surface area contributed by atoms with Crippen LogP contribution < -0.4 is 11.1 Å². The monoisotopic (exact) mass is 336 g/mol. The molecule has 20 heavy (non-hydrogen) atoms.